The Balaban J connectivity index is 1.78. The van der Waals surface area contributed by atoms with Gasteiger partial charge in [0.1, 0.15) is 17.4 Å². The van der Waals surface area contributed by atoms with Crippen LogP contribution in [-0.4, -0.2) is 32.8 Å². The second kappa shape index (κ2) is 8.59. The Hall–Kier alpha value is -3.62. The minimum absolute atomic E-state index is 0.0475. The minimum atomic E-state index is -0.941. The van der Waals surface area contributed by atoms with Crippen LogP contribution in [0.1, 0.15) is 32.9 Å². The lowest BCUT2D eigenvalue weighted by Crippen LogP contribution is -2.48. The zero-order valence-electron chi connectivity index (χ0n) is 16.5. The first-order valence-electron chi connectivity index (χ1n) is 9.15. The maximum absolute atomic E-state index is 12.8. The van der Waals surface area contributed by atoms with E-state index in [-0.39, 0.29) is 17.5 Å². The summed E-state index contributed by atoms with van der Waals surface area (Å²) in [4.78, 5) is 37.8. The van der Waals surface area contributed by atoms with E-state index in [4.69, 9.17) is 4.52 Å². The Kier molecular flexibility index (Phi) is 5.96. The largest absolute Gasteiger partial charge is 0.361 e. The first-order chi connectivity index (χ1) is 13.9. The van der Waals surface area contributed by atoms with E-state index in [9.17, 15) is 14.4 Å². The van der Waals surface area contributed by atoms with Crippen LogP contribution in [0, 0.1) is 13.8 Å². The summed E-state index contributed by atoms with van der Waals surface area (Å²) < 4.78 is 6.34. The topological polar surface area (TPSA) is 122 Å². The first-order valence-corrected chi connectivity index (χ1v) is 9.15. The third-order valence-electron chi connectivity index (χ3n) is 4.63. The van der Waals surface area contributed by atoms with E-state index < -0.39 is 17.9 Å². The van der Waals surface area contributed by atoms with E-state index in [1.54, 1.807) is 20.9 Å². The summed E-state index contributed by atoms with van der Waals surface area (Å²) in [5.74, 6) is -0.508. The van der Waals surface area contributed by atoms with E-state index in [1.165, 1.54) is 10.9 Å². The van der Waals surface area contributed by atoms with Gasteiger partial charge in [-0.15, -0.1) is 0 Å². The molecule has 1 aromatic carbocycles. The number of hydrogen-bond acceptors (Lipinski definition) is 5. The second-order valence-electron chi connectivity index (χ2n) is 6.80. The van der Waals surface area contributed by atoms with Crippen LogP contribution in [0.5, 0.6) is 0 Å². The minimum Gasteiger partial charge on any atom is -0.361 e. The fourth-order valence-corrected chi connectivity index (χ4v) is 3.03. The van der Waals surface area contributed by atoms with Gasteiger partial charge in [-0.25, -0.2) is 0 Å². The summed E-state index contributed by atoms with van der Waals surface area (Å²) >= 11 is 0. The molecule has 1 unspecified atom stereocenters. The number of carbonyl (C=O) groups excluding carboxylic acids is 2. The number of aromatic amines is 1. The van der Waals surface area contributed by atoms with E-state index in [2.05, 4.69) is 20.9 Å². The van der Waals surface area contributed by atoms with Gasteiger partial charge in [-0.2, -0.15) is 0 Å². The number of nitrogens with zero attached hydrogens (tertiary/aromatic N) is 2. The van der Waals surface area contributed by atoms with Gasteiger partial charge in [0.05, 0.1) is 5.69 Å². The molecule has 0 aliphatic carbocycles. The smallest absolute Gasteiger partial charge is 0.269 e. The molecule has 0 aliphatic rings. The monoisotopic (exact) mass is 397 g/mol. The van der Waals surface area contributed by atoms with Crippen LogP contribution in [0.15, 0.2) is 45.8 Å². The van der Waals surface area contributed by atoms with Gasteiger partial charge < -0.3 is 20.3 Å². The van der Waals surface area contributed by atoms with Gasteiger partial charge in [0.2, 0.25) is 5.91 Å². The summed E-state index contributed by atoms with van der Waals surface area (Å²) in [5.41, 5.74) is 1.78. The molecule has 3 N–H and O–H groups in total. The molecule has 29 heavy (non-hydrogen) atoms. The Labute approximate surface area is 167 Å². The first kappa shape index (κ1) is 20.1. The number of aryl methyl sites for hydroxylation is 3. The van der Waals surface area contributed by atoms with Crippen LogP contribution in [0.25, 0.3) is 0 Å². The average molecular weight is 397 g/mol. The lowest BCUT2D eigenvalue weighted by Gasteiger charge is -2.18. The van der Waals surface area contributed by atoms with Gasteiger partial charge in [-0.1, -0.05) is 35.5 Å². The van der Waals surface area contributed by atoms with Crippen molar-refractivity contribution in [2.75, 3.05) is 0 Å². The van der Waals surface area contributed by atoms with Crippen molar-refractivity contribution in [3.05, 3.63) is 75.0 Å². The highest BCUT2D eigenvalue weighted by Crippen LogP contribution is 2.12. The Morgan fingerprint density at radius 3 is 2.55 bits per heavy atom. The fraction of sp³-hybridized carbons (Fsp3) is 0.300. The summed E-state index contributed by atoms with van der Waals surface area (Å²) in [7, 11) is 1.58. The second-order valence-corrected chi connectivity index (χ2v) is 6.80. The molecule has 9 nitrogen and oxygen atoms in total. The molecule has 2 heterocycles. The molecule has 1 atom stereocenters. The maximum atomic E-state index is 12.8. The SMILES string of the molecule is Cc1noc(C)c1C(=O)NC(Cc1c[nH]n(C)c1=O)C(=O)NCc1ccccc1. The molecule has 0 radical (unpaired) electrons. The van der Waals surface area contributed by atoms with Crippen molar-refractivity contribution in [1.82, 2.24) is 25.6 Å². The van der Waals surface area contributed by atoms with Gasteiger partial charge in [-0.3, -0.25) is 19.1 Å². The Morgan fingerprint density at radius 2 is 1.97 bits per heavy atom. The molecule has 152 valence electrons. The molecule has 3 rings (SSSR count). The van der Waals surface area contributed by atoms with E-state index in [0.29, 0.717) is 23.6 Å². The zero-order chi connectivity index (χ0) is 21.0. The lowest BCUT2D eigenvalue weighted by atomic mass is 10.1. The predicted molar refractivity (Wildman–Crippen MR) is 105 cm³/mol. The quantitative estimate of drug-likeness (QED) is 0.548. The predicted octanol–water partition coefficient (Wildman–Crippen LogP) is 0.976. The highest BCUT2D eigenvalue weighted by molar-refractivity contribution is 5.99. The van der Waals surface area contributed by atoms with Crippen LogP contribution in [0.2, 0.25) is 0 Å². The molecule has 2 amide bonds. The molecule has 9 heteroatoms. The van der Waals surface area contributed by atoms with Crippen molar-refractivity contribution < 1.29 is 14.1 Å². The summed E-state index contributed by atoms with van der Waals surface area (Å²) in [5, 5.41) is 12.1. The molecule has 0 fully saturated rings. The normalized spacial score (nSPS) is 11.8. The van der Waals surface area contributed by atoms with Gasteiger partial charge in [-0.05, 0) is 19.4 Å². The number of H-pyrrole nitrogens is 1. The molecular formula is C20H23N5O4. The third kappa shape index (κ3) is 4.63. The number of benzene rings is 1. The number of nitrogens with one attached hydrogen (secondary N) is 3. The number of carbonyl (C=O) groups is 2. The number of rotatable bonds is 7. The zero-order valence-corrected chi connectivity index (χ0v) is 16.5. The van der Waals surface area contributed by atoms with Crippen LogP contribution in [0.3, 0.4) is 0 Å². The van der Waals surface area contributed by atoms with Gasteiger partial charge >= 0.3 is 0 Å². The lowest BCUT2D eigenvalue weighted by molar-refractivity contribution is -0.123. The Morgan fingerprint density at radius 1 is 1.24 bits per heavy atom. The molecule has 0 spiro atoms. The molecular weight excluding hydrogens is 374 g/mol. The molecule has 3 aromatic rings. The Bertz CT molecular complexity index is 1040. The van der Waals surface area contributed by atoms with Gasteiger partial charge in [0, 0.05) is 31.8 Å². The summed E-state index contributed by atoms with van der Waals surface area (Å²) in [6.45, 7) is 3.58. The summed E-state index contributed by atoms with van der Waals surface area (Å²) in [6, 6.07) is 8.48. The van der Waals surface area contributed by atoms with E-state index >= 15 is 0 Å². The van der Waals surface area contributed by atoms with Crippen LogP contribution >= 0.6 is 0 Å². The number of hydrogen-bond donors (Lipinski definition) is 3. The highest BCUT2D eigenvalue weighted by atomic mass is 16.5. The molecule has 0 bridgehead atoms. The van der Waals surface area contributed by atoms with Crippen molar-refractivity contribution in [3.63, 3.8) is 0 Å². The molecule has 0 aliphatic heterocycles. The van der Waals surface area contributed by atoms with Crippen molar-refractivity contribution in [3.8, 4) is 0 Å². The van der Waals surface area contributed by atoms with Gasteiger partial charge in [0.15, 0.2) is 0 Å². The van der Waals surface area contributed by atoms with E-state index in [0.717, 1.165) is 5.56 Å². The van der Waals surface area contributed by atoms with Crippen molar-refractivity contribution in [2.24, 2.45) is 7.05 Å². The fourth-order valence-electron chi connectivity index (χ4n) is 3.03. The molecule has 2 aromatic heterocycles. The number of aromatic nitrogens is 3. The van der Waals surface area contributed by atoms with Crippen molar-refractivity contribution in [1.29, 1.82) is 0 Å². The summed E-state index contributed by atoms with van der Waals surface area (Å²) in [6.07, 6.45) is 1.58. The standard InChI is InChI=1S/C20H23N5O4/c1-12-17(13(2)29-24-12)19(27)23-16(9-15-11-22-25(3)20(15)28)18(26)21-10-14-7-5-4-6-8-14/h4-8,11,16,22H,9-10H2,1-3H3,(H,21,26)(H,23,27). The molecule has 0 saturated carbocycles. The van der Waals surface area contributed by atoms with E-state index in [1.807, 2.05) is 30.3 Å². The van der Waals surface area contributed by atoms with Crippen molar-refractivity contribution in [2.45, 2.75) is 32.9 Å². The van der Waals surface area contributed by atoms with Crippen LogP contribution in [0.4, 0.5) is 0 Å². The number of amides is 2. The third-order valence-corrected chi connectivity index (χ3v) is 4.63. The van der Waals surface area contributed by atoms with Crippen LogP contribution < -0.4 is 16.2 Å². The van der Waals surface area contributed by atoms with Gasteiger partial charge in [0.25, 0.3) is 11.5 Å². The highest BCUT2D eigenvalue weighted by Gasteiger charge is 2.26. The van der Waals surface area contributed by atoms with Crippen LogP contribution in [-0.2, 0) is 24.8 Å². The van der Waals surface area contributed by atoms with Crippen molar-refractivity contribution >= 4 is 11.8 Å². The maximum Gasteiger partial charge on any atom is 0.269 e. The molecule has 0 saturated heterocycles. The average Bonchev–Trinajstić information content (AvgIpc) is 3.21.